The smallest absolute Gasteiger partial charge is 0.324 e. The van der Waals surface area contributed by atoms with Crippen molar-refractivity contribution < 1.29 is 14.1 Å². The minimum atomic E-state index is -0.495. The molecule has 1 aromatic carbocycles. The van der Waals surface area contributed by atoms with E-state index in [1.807, 2.05) is 44.6 Å². The van der Waals surface area contributed by atoms with Gasteiger partial charge in [0.15, 0.2) is 5.82 Å². The van der Waals surface area contributed by atoms with E-state index >= 15 is 0 Å². The normalized spacial score (nSPS) is 11.5. The number of carbonyl (C=O) groups excluding carboxylic acids is 1. The molecule has 0 bridgehead atoms. The van der Waals surface area contributed by atoms with Crippen molar-refractivity contribution in [2.75, 3.05) is 10.6 Å². The van der Waals surface area contributed by atoms with E-state index in [9.17, 15) is 4.79 Å². The quantitative estimate of drug-likeness (QED) is 0.443. The van der Waals surface area contributed by atoms with Gasteiger partial charge in [-0.05, 0) is 18.2 Å². The maximum atomic E-state index is 12.3. The first-order chi connectivity index (χ1) is 14.7. The van der Waals surface area contributed by atoms with Crippen molar-refractivity contribution in [2.24, 2.45) is 7.05 Å². The third-order valence-electron chi connectivity index (χ3n) is 4.52. The summed E-state index contributed by atoms with van der Waals surface area (Å²) in [5, 5.41) is 9.47. The number of hydrogen-bond donors (Lipinski definition) is 2. The number of rotatable bonds is 4. The fraction of sp³-hybridized carbons (Fsp3) is 0.238. The van der Waals surface area contributed by atoms with E-state index in [-0.39, 0.29) is 5.41 Å². The minimum Gasteiger partial charge on any atom is -0.437 e. The molecule has 2 amide bonds. The van der Waals surface area contributed by atoms with E-state index in [4.69, 9.17) is 20.9 Å². The largest absolute Gasteiger partial charge is 0.437 e. The van der Waals surface area contributed by atoms with Crippen molar-refractivity contribution in [1.29, 1.82) is 0 Å². The molecule has 3 heterocycles. The van der Waals surface area contributed by atoms with Gasteiger partial charge in [0.1, 0.15) is 23.4 Å². The predicted molar refractivity (Wildman–Crippen MR) is 118 cm³/mol. The van der Waals surface area contributed by atoms with Crippen LogP contribution in [0.15, 0.2) is 47.4 Å². The van der Waals surface area contributed by atoms with E-state index in [2.05, 4.69) is 25.8 Å². The molecule has 3 aromatic heterocycles. The highest BCUT2D eigenvalue weighted by atomic mass is 35.5. The topological polar surface area (TPSA) is 107 Å². The molecular formula is C21H21ClN6O3. The highest BCUT2D eigenvalue weighted by molar-refractivity contribution is 6.34. The van der Waals surface area contributed by atoms with Gasteiger partial charge in [0.05, 0.1) is 16.2 Å². The highest BCUT2D eigenvalue weighted by Gasteiger charge is 2.20. The fourth-order valence-corrected chi connectivity index (χ4v) is 3.11. The van der Waals surface area contributed by atoms with Gasteiger partial charge in [-0.25, -0.2) is 9.78 Å². The molecule has 0 aliphatic carbocycles. The molecule has 0 spiro atoms. The molecule has 4 rings (SSSR count). The highest BCUT2D eigenvalue weighted by Crippen LogP contribution is 2.32. The number of urea groups is 1. The number of halogens is 1. The number of aromatic nitrogens is 4. The van der Waals surface area contributed by atoms with Gasteiger partial charge in [-0.2, -0.15) is 4.98 Å². The molecule has 0 fully saturated rings. The molecule has 0 aliphatic heterocycles. The molecule has 0 saturated heterocycles. The summed E-state index contributed by atoms with van der Waals surface area (Å²) in [4.78, 5) is 20.7. The van der Waals surface area contributed by atoms with Gasteiger partial charge < -0.3 is 19.1 Å². The molecule has 9 nitrogen and oxygen atoms in total. The molecule has 0 radical (unpaired) electrons. The molecule has 0 saturated carbocycles. The fourth-order valence-electron chi connectivity index (χ4n) is 2.89. The Morgan fingerprint density at radius 1 is 1.16 bits per heavy atom. The third-order valence-corrected chi connectivity index (χ3v) is 4.83. The van der Waals surface area contributed by atoms with Crippen molar-refractivity contribution in [1.82, 2.24) is 19.7 Å². The van der Waals surface area contributed by atoms with Crippen LogP contribution in [-0.4, -0.2) is 25.7 Å². The number of carbonyl (C=O) groups is 1. The summed E-state index contributed by atoms with van der Waals surface area (Å²) in [6.45, 7) is 5.97. The number of fused-ring (bicyclic) bond motifs is 1. The van der Waals surface area contributed by atoms with Crippen molar-refractivity contribution in [2.45, 2.75) is 26.2 Å². The van der Waals surface area contributed by atoms with Crippen LogP contribution in [0, 0.1) is 0 Å². The Labute approximate surface area is 183 Å². The van der Waals surface area contributed by atoms with Crippen LogP contribution >= 0.6 is 11.6 Å². The number of aryl methyl sites for hydroxylation is 1. The number of ether oxygens (including phenoxy) is 1. The van der Waals surface area contributed by atoms with Crippen LogP contribution in [0.1, 0.15) is 26.5 Å². The molecule has 2 N–H and O–H groups in total. The van der Waals surface area contributed by atoms with E-state index < -0.39 is 6.03 Å². The van der Waals surface area contributed by atoms with Crippen LogP contribution in [0.4, 0.5) is 16.3 Å². The Morgan fingerprint density at radius 3 is 2.68 bits per heavy atom. The van der Waals surface area contributed by atoms with Crippen molar-refractivity contribution in [3.05, 3.63) is 53.6 Å². The summed E-state index contributed by atoms with van der Waals surface area (Å²) in [5.74, 6) is 1.87. The average molecular weight is 441 g/mol. The van der Waals surface area contributed by atoms with Crippen LogP contribution in [0.25, 0.3) is 11.0 Å². The maximum Gasteiger partial charge on any atom is 0.324 e. The molecule has 0 unspecified atom stereocenters. The molecule has 31 heavy (non-hydrogen) atoms. The summed E-state index contributed by atoms with van der Waals surface area (Å²) >= 11 is 6.34. The lowest BCUT2D eigenvalue weighted by molar-refractivity contribution is 0.262. The van der Waals surface area contributed by atoms with Gasteiger partial charge in [-0.1, -0.05) is 37.5 Å². The molecule has 160 valence electrons. The Balaban J connectivity index is 1.45. The number of anilines is 2. The lowest BCUT2D eigenvalue weighted by atomic mass is 9.93. The van der Waals surface area contributed by atoms with Gasteiger partial charge in [0.2, 0.25) is 5.88 Å². The predicted octanol–water partition coefficient (Wildman–Crippen LogP) is 5.34. The number of amides is 2. The molecule has 4 aromatic rings. The van der Waals surface area contributed by atoms with E-state index in [1.54, 1.807) is 24.3 Å². The summed E-state index contributed by atoms with van der Waals surface area (Å²) in [6.07, 6.45) is 3.32. The zero-order valence-corrected chi connectivity index (χ0v) is 18.2. The van der Waals surface area contributed by atoms with Crippen LogP contribution < -0.4 is 15.4 Å². The third kappa shape index (κ3) is 4.46. The average Bonchev–Trinajstić information content (AvgIpc) is 3.31. The Hall–Kier alpha value is -3.59. The molecule has 0 atom stereocenters. The lowest BCUT2D eigenvalue weighted by Gasteiger charge is -2.12. The zero-order valence-electron chi connectivity index (χ0n) is 17.4. The molecular weight excluding hydrogens is 420 g/mol. The summed E-state index contributed by atoms with van der Waals surface area (Å²) < 4.78 is 13.0. The minimum absolute atomic E-state index is 0.211. The maximum absolute atomic E-state index is 12.3. The lowest BCUT2D eigenvalue weighted by Crippen LogP contribution is -2.19. The first-order valence-corrected chi connectivity index (χ1v) is 9.87. The van der Waals surface area contributed by atoms with Crippen molar-refractivity contribution >= 4 is 40.2 Å². The molecule has 10 heteroatoms. The van der Waals surface area contributed by atoms with E-state index in [1.165, 1.54) is 6.33 Å². The first-order valence-electron chi connectivity index (χ1n) is 9.49. The number of benzene rings is 1. The van der Waals surface area contributed by atoms with Crippen LogP contribution in [0.2, 0.25) is 5.02 Å². The van der Waals surface area contributed by atoms with Gasteiger partial charge in [-0.15, -0.1) is 0 Å². The van der Waals surface area contributed by atoms with Crippen LogP contribution in [0.3, 0.4) is 0 Å². The van der Waals surface area contributed by atoms with Gasteiger partial charge in [0, 0.05) is 30.8 Å². The van der Waals surface area contributed by atoms with E-state index in [0.29, 0.717) is 33.9 Å². The van der Waals surface area contributed by atoms with Crippen molar-refractivity contribution in [3.8, 4) is 11.6 Å². The van der Waals surface area contributed by atoms with E-state index in [0.717, 1.165) is 11.0 Å². The summed E-state index contributed by atoms with van der Waals surface area (Å²) in [5.41, 5.74) is 1.74. The first kappa shape index (κ1) is 20.7. The second-order valence-corrected chi connectivity index (χ2v) is 8.40. The second kappa shape index (κ2) is 7.92. The number of nitrogens with zero attached hydrogens (tertiary/aromatic N) is 4. The Morgan fingerprint density at radius 2 is 1.97 bits per heavy atom. The Bertz CT molecular complexity index is 1260. The molecule has 0 aliphatic rings. The zero-order chi connectivity index (χ0) is 22.2. The van der Waals surface area contributed by atoms with Crippen molar-refractivity contribution in [3.63, 3.8) is 0 Å². The Kier molecular flexibility index (Phi) is 5.28. The van der Waals surface area contributed by atoms with Gasteiger partial charge in [-0.3, -0.25) is 5.32 Å². The SMILES string of the molecule is Cn1ccc2ncnc(Oc3ccc(NC(=O)Nc4cc(C(C)(C)C)on4)c(Cl)c3)c21. The van der Waals surface area contributed by atoms with Gasteiger partial charge in [0.25, 0.3) is 0 Å². The van der Waals surface area contributed by atoms with Crippen LogP contribution in [-0.2, 0) is 12.5 Å². The monoisotopic (exact) mass is 440 g/mol. The number of nitrogens with one attached hydrogen (secondary N) is 2. The summed E-state index contributed by atoms with van der Waals surface area (Å²) in [6, 6.07) is 8.00. The number of hydrogen-bond acceptors (Lipinski definition) is 6. The standard InChI is InChI=1S/C21H21ClN6O3/c1-21(2,3)16-10-17(27-31-16)26-20(29)25-14-6-5-12(9-13(14)22)30-19-18-15(23-11-24-19)7-8-28(18)4/h5-11H,1-4H3,(H2,25,26,27,29). The van der Waals surface area contributed by atoms with Gasteiger partial charge >= 0.3 is 6.03 Å². The summed E-state index contributed by atoms with van der Waals surface area (Å²) in [7, 11) is 1.89. The second-order valence-electron chi connectivity index (χ2n) is 7.99. The van der Waals surface area contributed by atoms with Crippen LogP contribution in [0.5, 0.6) is 11.6 Å².